The van der Waals surface area contributed by atoms with Crippen molar-refractivity contribution in [1.29, 1.82) is 0 Å². The van der Waals surface area contributed by atoms with Crippen LogP contribution >= 0.6 is 32.1 Å². The third kappa shape index (κ3) is 4.47. The first-order chi connectivity index (χ1) is 13.7. The van der Waals surface area contributed by atoms with Gasteiger partial charge in [-0.2, -0.15) is 0 Å². The summed E-state index contributed by atoms with van der Waals surface area (Å²) >= 11 is 0. The molecule has 0 atom stereocenters. The minimum atomic E-state index is -1.96. The van der Waals surface area contributed by atoms with Crippen molar-refractivity contribution in [3.63, 3.8) is 0 Å². The first kappa shape index (κ1) is 24.2. The van der Waals surface area contributed by atoms with Gasteiger partial charge < -0.3 is 0 Å². The Morgan fingerprint density at radius 1 is 0.433 bits per heavy atom. The summed E-state index contributed by atoms with van der Waals surface area (Å²) in [6.07, 6.45) is 0. The van der Waals surface area contributed by atoms with E-state index in [0.717, 1.165) is 0 Å². The molecule has 0 aliphatic carbocycles. The van der Waals surface area contributed by atoms with Crippen molar-refractivity contribution in [2.24, 2.45) is 0 Å². The van der Waals surface area contributed by atoms with Crippen LogP contribution in [0.1, 0.15) is 25.3 Å². The molecule has 3 heteroatoms. The lowest BCUT2D eigenvalue weighted by Gasteiger charge is -2.27. The zero-order chi connectivity index (χ0) is 19.4. The fourth-order valence-electron chi connectivity index (χ4n) is 3.93. The SMILES string of the molecule is CC(C)c1ccc([P+](c2ccccc2)(c2ccccc2)c2ccccc2)cc1.Cl.Cl. The molecule has 0 amide bonds. The summed E-state index contributed by atoms with van der Waals surface area (Å²) in [4.78, 5) is 0. The molecule has 4 rings (SSSR count). The van der Waals surface area contributed by atoms with E-state index in [1.807, 2.05) is 0 Å². The topological polar surface area (TPSA) is 0 Å². The van der Waals surface area contributed by atoms with Gasteiger partial charge in [0.05, 0.1) is 0 Å². The first-order valence-corrected chi connectivity index (χ1v) is 11.7. The average molecular weight is 454 g/mol. The molecular formula is C27H28Cl2P+. The summed E-state index contributed by atoms with van der Waals surface area (Å²) in [6.45, 7) is 4.51. The van der Waals surface area contributed by atoms with Gasteiger partial charge in [-0.15, -0.1) is 24.8 Å². The minimum Gasteiger partial charge on any atom is -0.147 e. The van der Waals surface area contributed by atoms with E-state index in [-0.39, 0.29) is 24.8 Å². The van der Waals surface area contributed by atoms with Crippen LogP contribution in [0.2, 0.25) is 0 Å². The van der Waals surface area contributed by atoms with Gasteiger partial charge in [-0.05, 0) is 60.0 Å². The summed E-state index contributed by atoms with van der Waals surface area (Å²) in [7, 11) is -1.96. The second-order valence-corrected chi connectivity index (χ2v) is 10.8. The van der Waals surface area contributed by atoms with E-state index in [1.165, 1.54) is 26.8 Å². The smallest absolute Gasteiger partial charge is 0.144 e. The predicted octanol–water partition coefficient (Wildman–Crippen LogP) is 6.27. The summed E-state index contributed by atoms with van der Waals surface area (Å²) in [5.74, 6) is 0.534. The van der Waals surface area contributed by atoms with E-state index in [1.54, 1.807) is 0 Å². The molecule has 0 fully saturated rings. The first-order valence-electron chi connectivity index (χ1n) is 9.89. The minimum absolute atomic E-state index is 0. The molecule has 0 aromatic heterocycles. The standard InChI is InChI=1S/C27H26P.2ClH/c1-22(2)23-18-20-27(21-19-23)28(24-12-6-3-7-13-24,25-14-8-4-9-15-25)26-16-10-5-11-17-26;;/h3-22H,1-2H3;2*1H/q+1;;. The highest BCUT2D eigenvalue weighted by atomic mass is 35.5. The normalized spacial score (nSPS) is 10.8. The van der Waals surface area contributed by atoms with Gasteiger partial charge in [0, 0.05) is 0 Å². The molecule has 0 saturated heterocycles. The highest BCUT2D eigenvalue weighted by molar-refractivity contribution is 8.01. The molecular weight excluding hydrogens is 426 g/mol. The monoisotopic (exact) mass is 453 g/mol. The largest absolute Gasteiger partial charge is 0.147 e. The maximum absolute atomic E-state index is 2.36. The molecule has 30 heavy (non-hydrogen) atoms. The van der Waals surface area contributed by atoms with Gasteiger partial charge in [0.25, 0.3) is 0 Å². The van der Waals surface area contributed by atoms with Crippen LogP contribution in [-0.4, -0.2) is 0 Å². The molecule has 0 saturated carbocycles. The fourth-order valence-corrected chi connectivity index (χ4v) is 8.18. The second-order valence-electron chi connectivity index (χ2n) is 7.42. The van der Waals surface area contributed by atoms with Gasteiger partial charge in [-0.3, -0.25) is 0 Å². The molecule has 0 bridgehead atoms. The Morgan fingerprint density at radius 2 is 0.733 bits per heavy atom. The van der Waals surface area contributed by atoms with Gasteiger partial charge >= 0.3 is 0 Å². The van der Waals surface area contributed by atoms with Crippen LogP contribution in [0.5, 0.6) is 0 Å². The second kappa shape index (κ2) is 10.8. The van der Waals surface area contributed by atoms with E-state index in [2.05, 4.69) is 129 Å². The van der Waals surface area contributed by atoms with Crippen molar-refractivity contribution < 1.29 is 0 Å². The summed E-state index contributed by atoms with van der Waals surface area (Å²) in [5.41, 5.74) is 1.39. The highest BCUT2D eigenvalue weighted by Crippen LogP contribution is 2.54. The highest BCUT2D eigenvalue weighted by Gasteiger charge is 2.47. The van der Waals surface area contributed by atoms with Crippen LogP contribution in [0.3, 0.4) is 0 Å². The van der Waals surface area contributed by atoms with Gasteiger partial charge in [0.1, 0.15) is 28.5 Å². The molecule has 0 nitrogen and oxygen atoms in total. The number of rotatable bonds is 5. The summed E-state index contributed by atoms with van der Waals surface area (Å²) in [6, 6.07) is 42.4. The Balaban J connectivity index is 0.00000160. The van der Waals surface area contributed by atoms with Gasteiger partial charge in [0.2, 0.25) is 0 Å². The molecule has 0 aliphatic rings. The van der Waals surface area contributed by atoms with Crippen LogP contribution in [0.25, 0.3) is 0 Å². The Labute approximate surface area is 193 Å². The van der Waals surface area contributed by atoms with E-state index in [0.29, 0.717) is 5.92 Å². The molecule has 0 aliphatic heterocycles. The number of hydrogen-bond acceptors (Lipinski definition) is 0. The van der Waals surface area contributed by atoms with Crippen LogP contribution in [0.4, 0.5) is 0 Å². The Bertz CT molecular complexity index is 918. The molecule has 0 N–H and O–H groups in total. The third-order valence-electron chi connectivity index (χ3n) is 5.38. The van der Waals surface area contributed by atoms with E-state index in [4.69, 9.17) is 0 Å². The molecule has 0 spiro atoms. The summed E-state index contributed by atoms with van der Waals surface area (Å²) < 4.78 is 0. The zero-order valence-electron chi connectivity index (χ0n) is 17.3. The maximum Gasteiger partial charge on any atom is 0.144 e. The Morgan fingerprint density at radius 3 is 1.03 bits per heavy atom. The fraction of sp³-hybridized carbons (Fsp3) is 0.111. The molecule has 0 heterocycles. The molecule has 4 aromatic rings. The van der Waals surface area contributed by atoms with Crippen LogP contribution in [0.15, 0.2) is 115 Å². The quantitative estimate of drug-likeness (QED) is 0.312. The van der Waals surface area contributed by atoms with E-state index < -0.39 is 7.26 Å². The van der Waals surface area contributed by atoms with Crippen LogP contribution in [0, 0.1) is 0 Å². The molecule has 4 aromatic carbocycles. The lowest BCUT2D eigenvalue weighted by molar-refractivity contribution is 0.867. The van der Waals surface area contributed by atoms with Crippen molar-refractivity contribution in [3.8, 4) is 0 Å². The maximum atomic E-state index is 2.36. The third-order valence-corrected chi connectivity index (χ3v) is 9.67. The lowest BCUT2D eigenvalue weighted by Crippen LogP contribution is -2.38. The molecule has 0 radical (unpaired) electrons. The Kier molecular flexibility index (Phi) is 8.68. The van der Waals surface area contributed by atoms with Crippen molar-refractivity contribution in [1.82, 2.24) is 0 Å². The lowest BCUT2D eigenvalue weighted by atomic mass is 10.0. The predicted molar refractivity (Wildman–Crippen MR) is 140 cm³/mol. The zero-order valence-corrected chi connectivity index (χ0v) is 19.8. The number of benzene rings is 4. The number of hydrogen-bond donors (Lipinski definition) is 0. The molecule has 154 valence electrons. The summed E-state index contributed by atoms with van der Waals surface area (Å²) in [5, 5.41) is 5.58. The van der Waals surface area contributed by atoms with Crippen LogP contribution in [-0.2, 0) is 0 Å². The average Bonchev–Trinajstić information content (AvgIpc) is 2.77. The van der Waals surface area contributed by atoms with E-state index >= 15 is 0 Å². The van der Waals surface area contributed by atoms with Crippen molar-refractivity contribution in [3.05, 3.63) is 121 Å². The Hall–Kier alpha value is -2.11. The van der Waals surface area contributed by atoms with Crippen molar-refractivity contribution in [2.45, 2.75) is 19.8 Å². The molecule has 0 unspecified atom stereocenters. The van der Waals surface area contributed by atoms with Crippen molar-refractivity contribution >= 4 is 53.3 Å². The van der Waals surface area contributed by atoms with Crippen molar-refractivity contribution in [2.75, 3.05) is 0 Å². The van der Waals surface area contributed by atoms with Gasteiger partial charge in [-0.1, -0.05) is 80.6 Å². The van der Waals surface area contributed by atoms with E-state index in [9.17, 15) is 0 Å². The number of halogens is 2. The van der Waals surface area contributed by atoms with Crippen LogP contribution < -0.4 is 21.2 Å². The van der Waals surface area contributed by atoms with Gasteiger partial charge in [0.15, 0.2) is 0 Å². The van der Waals surface area contributed by atoms with Gasteiger partial charge in [-0.25, -0.2) is 0 Å².